The molecule has 0 heterocycles. The number of ether oxygens (including phenoxy) is 1. The van der Waals surface area contributed by atoms with Crippen LogP contribution in [0, 0.1) is 11.3 Å². The second-order valence-corrected chi connectivity index (χ2v) is 3.04. The van der Waals surface area contributed by atoms with E-state index in [0.717, 1.165) is 0 Å². The van der Waals surface area contributed by atoms with Gasteiger partial charge in [-0.1, -0.05) is 0 Å². The Morgan fingerprint density at radius 3 is 2.73 bits per heavy atom. The number of hydrogen-bond acceptors (Lipinski definition) is 4. The molecule has 4 heteroatoms. The van der Waals surface area contributed by atoms with Crippen molar-refractivity contribution in [3.05, 3.63) is 23.3 Å². The summed E-state index contributed by atoms with van der Waals surface area (Å²) in [5.41, 5.74) is 6.58. The van der Waals surface area contributed by atoms with Gasteiger partial charge in [0.2, 0.25) is 0 Å². The molecule has 2 N–H and O–H groups in total. The highest BCUT2D eigenvalue weighted by atomic mass is 16.5. The van der Waals surface area contributed by atoms with Gasteiger partial charge in [0.1, 0.15) is 17.4 Å². The Labute approximate surface area is 88.3 Å². The Morgan fingerprint density at radius 2 is 2.27 bits per heavy atom. The number of Topliss-reactive ketones (excluding diaryl/α,β-unsaturated/α-hetero) is 1. The van der Waals surface area contributed by atoms with Gasteiger partial charge >= 0.3 is 0 Å². The molecule has 1 rings (SSSR count). The van der Waals surface area contributed by atoms with E-state index in [2.05, 4.69) is 0 Å². The summed E-state index contributed by atoms with van der Waals surface area (Å²) in [6.07, 6.45) is 0. The van der Waals surface area contributed by atoms with E-state index < -0.39 is 0 Å². The minimum absolute atomic E-state index is 0.195. The number of rotatable bonds is 3. The Hall–Kier alpha value is -2.02. The number of nitriles is 1. The van der Waals surface area contributed by atoms with Gasteiger partial charge < -0.3 is 10.5 Å². The van der Waals surface area contributed by atoms with Crippen molar-refractivity contribution in [2.75, 3.05) is 12.3 Å². The molecule has 0 spiro atoms. The third-order valence-corrected chi connectivity index (χ3v) is 1.92. The molecule has 4 nitrogen and oxygen atoms in total. The molecule has 1 aromatic rings. The molecule has 0 unspecified atom stereocenters. The maximum absolute atomic E-state index is 11.3. The van der Waals surface area contributed by atoms with Crippen LogP contribution >= 0.6 is 0 Å². The third kappa shape index (κ3) is 2.26. The fourth-order valence-electron chi connectivity index (χ4n) is 1.30. The minimum Gasteiger partial charge on any atom is -0.492 e. The van der Waals surface area contributed by atoms with Gasteiger partial charge in [0.25, 0.3) is 0 Å². The van der Waals surface area contributed by atoms with Crippen molar-refractivity contribution in [1.29, 1.82) is 5.26 Å². The summed E-state index contributed by atoms with van der Waals surface area (Å²) in [7, 11) is 0. The zero-order valence-electron chi connectivity index (χ0n) is 8.70. The van der Waals surface area contributed by atoms with Crippen molar-refractivity contribution < 1.29 is 9.53 Å². The van der Waals surface area contributed by atoms with Crippen molar-refractivity contribution in [1.82, 2.24) is 0 Å². The summed E-state index contributed by atoms with van der Waals surface area (Å²) in [5.74, 6) is 0.171. The van der Waals surface area contributed by atoms with E-state index in [4.69, 9.17) is 15.7 Å². The second-order valence-electron chi connectivity index (χ2n) is 3.04. The van der Waals surface area contributed by atoms with Gasteiger partial charge in [-0.05, 0) is 19.9 Å². The predicted molar refractivity (Wildman–Crippen MR) is 56.7 cm³/mol. The van der Waals surface area contributed by atoms with Crippen molar-refractivity contribution in [3.8, 4) is 11.8 Å². The van der Waals surface area contributed by atoms with Crippen LogP contribution in [-0.4, -0.2) is 12.4 Å². The first-order valence-electron chi connectivity index (χ1n) is 4.57. The molecule has 0 radical (unpaired) electrons. The van der Waals surface area contributed by atoms with E-state index in [9.17, 15) is 4.79 Å². The standard InChI is InChI=1S/C11H12N2O2/c1-3-15-11-5-8(13)4-9(7(2)14)10(11)6-12/h4-5H,3,13H2,1-2H3. The summed E-state index contributed by atoms with van der Waals surface area (Å²) >= 11 is 0. The molecule has 0 atom stereocenters. The number of hydrogen-bond donors (Lipinski definition) is 1. The quantitative estimate of drug-likeness (QED) is 0.601. The monoisotopic (exact) mass is 204 g/mol. The van der Waals surface area contributed by atoms with Gasteiger partial charge in [0.05, 0.1) is 6.61 Å². The van der Waals surface area contributed by atoms with Crippen molar-refractivity contribution in [2.45, 2.75) is 13.8 Å². The first kappa shape index (κ1) is 11.1. The average molecular weight is 204 g/mol. The fourth-order valence-corrected chi connectivity index (χ4v) is 1.30. The molecule has 0 aromatic heterocycles. The molecule has 0 saturated carbocycles. The molecule has 0 aliphatic heterocycles. The fraction of sp³-hybridized carbons (Fsp3) is 0.273. The summed E-state index contributed by atoms with van der Waals surface area (Å²) in [6.45, 7) is 3.62. The number of anilines is 1. The van der Waals surface area contributed by atoms with E-state index in [-0.39, 0.29) is 11.3 Å². The summed E-state index contributed by atoms with van der Waals surface area (Å²) in [5, 5.41) is 8.94. The first-order chi connectivity index (χ1) is 7.10. The van der Waals surface area contributed by atoms with Gasteiger partial charge in [-0.3, -0.25) is 4.79 Å². The van der Waals surface area contributed by atoms with Gasteiger partial charge in [-0.15, -0.1) is 0 Å². The molecule has 78 valence electrons. The highest BCUT2D eigenvalue weighted by molar-refractivity contribution is 5.98. The Kier molecular flexibility index (Phi) is 3.29. The lowest BCUT2D eigenvalue weighted by molar-refractivity contribution is 0.101. The normalized spacial score (nSPS) is 9.40. The lowest BCUT2D eigenvalue weighted by Gasteiger charge is -2.09. The van der Waals surface area contributed by atoms with Crippen molar-refractivity contribution in [3.63, 3.8) is 0 Å². The van der Waals surface area contributed by atoms with E-state index in [0.29, 0.717) is 23.6 Å². The van der Waals surface area contributed by atoms with Gasteiger partial charge in [0.15, 0.2) is 5.78 Å². The Morgan fingerprint density at radius 1 is 1.60 bits per heavy atom. The number of benzene rings is 1. The topological polar surface area (TPSA) is 76.1 Å². The summed E-state index contributed by atoms with van der Waals surface area (Å²) in [6, 6.07) is 5.00. The molecule has 0 bridgehead atoms. The highest BCUT2D eigenvalue weighted by Gasteiger charge is 2.13. The van der Waals surface area contributed by atoms with Gasteiger partial charge in [0, 0.05) is 17.3 Å². The first-order valence-corrected chi connectivity index (χ1v) is 4.57. The second kappa shape index (κ2) is 4.47. The van der Waals surface area contributed by atoms with Crippen LogP contribution in [0.25, 0.3) is 0 Å². The molecule has 0 amide bonds. The Bertz CT molecular complexity index is 433. The van der Waals surface area contributed by atoms with E-state index >= 15 is 0 Å². The molecule has 15 heavy (non-hydrogen) atoms. The SMILES string of the molecule is CCOc1cc(N)cc(C(C)=O)c1C#N. The maximum Gasteiger partial charge on any atom is 0.161 e. The van der Waals surface area contributed by atoms with Crippen LogP contribution in [-0.2, 0) is 0 Å². The molecular formula is C11H12N2O2. The summed E-state index contributed by atoms with van der Waals surface area (Å²) < 4.78 is 5.24. The third-order valence-electron chi connectivity index (χ3n) is 1.92. The van der Waals surface area contributed by atoms with Gasteiger partial charge in [-0.2, -0.15) is 5.26 Å². The number of nitrogens with zero attached hydrogens (tertiary/aromatic N) is 1. The smallest absolute Gasteiger partial charge is 0.161 e. The zero-order chi connectivity index (χ0) is 11.4. The van der Waals surface area contributed by atoms with Crippen LogP contribution in [0.15, 0.2) is 12.1 Å². The van der Waals surface area contributed by atoms with Crippen molar-refractivity contribution in [2.24, 2.45) is 0 Å². The number of nitrogen functional groups attached to an aromatic ring is 1. The molecule has 0 aliphatic carbocycles. The molecule has 1 aromatic carbocycles. The van der Waals surface area contributed by atoms with E-state index in [1.165, 1.54) is 13.0 Å². The number of carbonyl (C=O) groups is 1. The highest BCUT2D eigenvalue weighted by Crippen LogP contribution is 2.25. The van der Waals surface area contributed by atoms with Crippen molar-refractivity contribution >= 4 is 11.5 Å². The zero-order valence-corrected chi connectivity index (χ0v) is 8.70. The van der Waals surface area contributed by atoms with Gasteiger partial charge in [-0.25, -0.2) is 0 Å². The number of carbonyl (C=O) groups excluding carboxylic acids is 1. The number of nitrogens with two attached hydrogens (primary N) is 1. The summed E-state index contributed by atoms with van der Waals surface area (Å²) in [4.78, 5) is 11.3. The largest absolute Gasteiger partial charge is 0.492 e. The van der Waals surface area contributed by atoms with Crippen LogP contribution in [0.4, 0.5) is 5.69 Å². The minimum atomic E-state index is -0.195. The molecule has 0 aliphatic rings. The van der Waals surface area contributed by atoms with E-state index in [1.807, 2.05) is 6.07 Å². The molecule has 0 fully saturated rings. The maximum atomic E-state index is 11.3. The van der Waals surface area contributed by atoms with Crippen LogP contribution in [0.1, 0.15) is 29.8 Å². The van der Waals surface area contributed by atoms with E-state index in [1.54, 1.807) is 13.0 Å². The Balaban J connectivity index is 3.40. The number of ketones is 1. The lowest BCUT2D eigenvalue weighted by atomic mass is 10.0. The molecule has 0 saturated heterocycles. The average Bonchev–Trinajstić information content (AvgIpc) is 2.17. The van der Waals surface area contributed by atoms with Crippen LogP contribution in [0.3, 0.4) is 0 Å². The molecular weight excluding hydrogens is 192 g/mol. The van der Waals surface area contributed by atoms with Crippen LogP contribution in [0.5, 0.6) is 5.75 Å². The van der Waals surface area contributed by atoms with Crippen LogP contribution in [0.2, 0.25) is 0 Å². The van der Waals surface area contributed by atoms with Crippen LogP contribution < -0.4 is 10.5 Å². The lowest BCUT2D eigenvalue weighted by Crippen LogP contribution is -2.03. The predicted octanol–water partition coefficient (Wildman–Crippen LogP) is 1.74.